The number of piperazine rings is 1. The number of aromatic nitrogens is 1. The van der Waals surface area contributed by atoms with Gasteiger partial charge in [-0.05, 0) is 135 Å². The third-order valence-corrected chi connectivity index (χ3v) is 11.9. The highest BCUT2D eigenvalue weighted by atomic mass is 79.9. The first-order chi connectivity index (χ1) is 23.3. The number of nitrogens with zero attached hydrogens (tertiary/aromatic N) is 5. The lowest BCUT2D eigenvalue weighted by molar-refractivity contribution is -0.136. The molecule has 3 fully saturated rings. The molecular formula is C37H48Br2ClN5O4. The van der Waals surface area contributed by atoms with Gasteiger partial charge >= 0.3 is 6.09 Å². The fourth-order valence-corrected chi connectivity index (χ4v) is 9.49. The Hall–Kier alpha value is -2.21. The summed E-state index contributed by atoms with van der Waals surface area (Å²) in [6.45, 7) is 11.2. The van der Waals surface area contributed by atoms with E-state index in [1.165, 1.54) is 16.7 Å². The molecule has 0 saturated carbocycles. The van der Waals surface area contributed by atoms with E-state index < -0.39 is 5.60 Å². The number of likely N-dealkylation sites (tertiary alicyclic amines) is 2. The quantitative estimate of drug-likeness (QED) is 0.326. The van der Waals surface area contributed by atoms with E-state index in [0.717, 1.165) is 84.4 Å². The van der Waals surface area contributed by atoms with Crippen molar-refractivity contribution in [3.63, 3.8) is 0 Å². The minimum absolute atomic E-state index is 0.109. The normalized spacial score (nSPS) is 21.2. The maximum absolute atomic E-state index is 13.5. The molecule has 1 atom stereocenters. The van der Waals surface area contributed by atoms with Crippen molar-refractivity contribution in [2.75, 3.05) is 58.9 Å². The Morgan fingerprint density at radius 2 is 1.47 bits per heavy atom. The van der Waals surface area contributed by atoms with Crippen LogP contribution in [0.5, 0.6) is 0 Å². The van der Waals surface area contributed by atoms with E-state index in [2.05, 4.69) is 53.8 Å². The van der Waals surface area contributed by atoms with E-state index in [0.29, 0.717) is 51.0 Å². The summed E-state index contributed by atoms with van der Waals surface area (Å²) >= 11 is 14.0. The monoisotopic (exact) mass is 819 g/mol. The molecule has 0 bridgehead atoms. The summed E-state index contributed by atoms with van der Waals surface area (Å²) in [7, 11) is 0. The van der Waals surface area contributed by atoms with E-state index in [-0.39, 0.29) is 23.8 Å². The molecule has 266 valence electrons. The van der Waals surface area contributed by atoms with Gasteiger partial charge in [0.05, 0.1) is 12.2 Å². The number of amides is 3. The molecule has 0 N–H and O–H groups in total. The van der Waals surface area contributed by atoms with Crippen molar-refractivity contribution in [2.45, 2.75) is 77.2 Å². The number of fused-ring (bicyclic) bond motifs is 2. The molecule has 0 spiro atoms. The lowest BCUT2D eigenvalue weighted by atomic mass is 9.76. The fraction of sp³-hybridized carbons (Fsp3) is 0.622. The van der Waals surface area contributed by atoms with Crippen molar-refractivity contribution < 1.29 is 19.1 Å². The molecule has 3 amide bonds. The maximum Gasteiger partial charge on any atom is 0.410 e. The van der Waals surface area contributed by atoms with E-state index in [4.69, 9.17) is 21.3 Å². The molecule has 49 heavy (non-hydrogen) atoms. The third kappa shape index (κ3) is 9.00. The number of hydrogen-bond donors (Lipinski definition) is 0. The summed E-state index contributed by atoms with van der Waals surface area (Å²) in [6, 6.07) is 6.34. The standard InChI is InChI=1S/C37H48Br2ClN5O4/c1-37(2,3)49-36(48)45-16-14-44(15-17-45)32(47)23-42-10-6-24(7-11-42)18-31(46)43-12-8-25(9-13-43)34-33-26(20-29(40)21-30(33)39)4-5-27-19-28(38)22-41-35(27)34/h19-22,24-25,34H,4-18,23H2,1-3H3. The second kappa shape index (κ2) is 15.6. The van der Waals surface area contributed by atoms with Crippen molar-refractivity contribution in [1.82, 2.24) is 24.6 Å². The summed E-state index contributed by atoms with van der Waals surface area (Å²) in [4.78, 5) is 51.8. The lowest BCUT2D eigenvalue weighted by Gasteiger charge is -2.39. The molecule has 1 aliphatic carbocycles. The molecule has 3 saturated heterocycles. The van der Waals surface area contributed by atoms with Crippen LogP contribution >= 0.6 is 43.5 Å². The Kier molecular flexibility index (Phi) is 11.6. The molecule has 1 unspecified atom stereocenters. The van der Waals surface area contributed by atoms with E-state index in [1.807, 2.05) is 37.9 Å². The van der Waals surface area contributed by atoms with Crippen molar-refractivity contribution in [2.24, 2.45) is 11.8 Å². The predicted octanol–water partition coefficient (Wildman–Crippen LogP) is 6.91. The number of rotatable bonds is 5. The van der Waals surface area contributed by atoms with Crippen LogP contribution in [0.25, 0.3) is 0 Å². The van der Waals surface area contributed by atoms with Crippen LogP contribution in [0.3, 0.4) is 0 Å². The van der Waals surface area contributed by atoms with Gasteiger partial charge in [-0.25, -0.2) is 4.79 Å². The average molecular weight is 822 g/mol. The molecule has 12 heteroatoms. The Balaban J connectivity index is 0.972. The lowest BCUT2D eigenvalue weighted by Crippen LogP contribution is -2.53. The molecule has 1 aromatic heterocycles. The number of carbonyl (C=O) groups excluding carboxylic acids is 3. The number of aryl methyl sites for hydroxylation is 2. The van der Waals surface area contributed by atoms with Gasteiger partial charge in [0.2, 0.25) is 11.8 Å². The zero-order valence-corrected chi connectivity index (χ0v) is 32.8. The Morgan fingerprint density at radius 1 is 0.837 bits per heavy atom. The second-order valence-corrected chi connectivity index (χ2v) is 17.3. The molecule has 4 aliphatic rings. The largest absolute Gasteiger partial charge is 0.444 e. The number of carbonyl (C=O) groups is 3. The van der Waals surface area contributed by atoms with Gasteiger partial charge in [-0.15, -0.1) is 0 Å². The van der Waals surface area contributed by atoms with Crippen molar-refractivity contribution in [1.29, 1.82) is 0 Å². The highest BCUT2D eigenvalue weighted by Crippen LogP contribution is 2.46. The summed E-state index contributed by atoms with van der Waals surface area (Å²) in [5, 5.41) is 0.748. The summed E-state index contributed by atoms with van der Waals surface area (Å²) in [5.74, 6) is 1.25. The van der Waals surface area contributed by atoms with Gasteiger partial charge in [-0.2, -0.15) is 0 Å². The van der Waals surface area contributed by atoms with Crippen molar-refractivity contribution in [3.8, 4) is 0 Å². The third-order valence-electron chi connectivity index (χ3n) is 10.6. The predicted molar refractivity (Wildman–Crippen MR) is 198 cm³/mol. The Labute approximate surface area is 312 Å². The maximum atomic E-state index is 13.5. The highest BCUT2D eigenvalue weighted by molar-refractivity contribution is 9.10. The molecule has 6 rings (SSSR count). The van der Waals surface area contributed by atoms with E-state index in [9.17, 15) is 14.4 Å². The fourth-order valence-electron chi connectivity index (χ4n) is 7.99. The van der Waals surface area contributed by atoms with Crippen LogP contribution in [0.15, 0.2) is 33.3 Å². The zero-order chi connectivity index (χ0) is 34.9. The smallest absolute Gasteiger partial charge is 0.410 e. The van der Waals surface area contributed by atoms with Crippen LogP contribution in [0.2, 0.25) is 5.02 Å². The van der Waals surface area contributed by atoms with E-state index in [1.54, 1.807) is 4.90 Å². The minimum Gasteiger partial charge on any atom is -0.444 e. The number of pyridine rings is 1. The highest BCUT2D eigenvalue weighted by Gasteiger charge is 2.37. The Morgan fingerprint density at radius 3 is 2.14 bits per heavy atom. The minimum atomic E-state index is -0.531. The van der Waals surface area contributed by atoms with Crippen molar-refractivity contribution in [3.05, 3.63) is 60.7 Å². The number of benzene rings is 1. The van der Waals surface area contributed by atoms with Crippen LogP contribution in [0.1, 0.15) is 81.2 Å². The molecule has 1 aromatic carbocycles. The van der Waals surface area contributed by atoms with Gasteiger partial charge in [0.25, 0.3) is 0 Å². The van der Waals surface area contributed by atoms with Gasteiger partial charge in [-0.1, -0.05) is 27.5 Å². The summed E-state index contributed by atoms with van der Waals surface area (Å²) in [5.41, 5.74) is 4.49. The first-order valence-corrected chi connectivity index (χ1v) is 19.7. The van der Waals surface area contributed by atoms with Crippen LogP contribution < -0.4 is 0 Å². The second-order valence-electron chi connectivity index (χ2n) is 15.1. The van der Waals surface area contributed by atoms with Gasteiger partial charge in [0, 0.05) is 71.8 Å². The molecule has 0 radical (unpaired) electrons. The summed E-state index contributed by atoms with van der Waals surface area (Å²) < 4.78 is 7.52. The molecule has 9 nitrogen and oxygen atoms in total. The SMILES string of the molecule is CC(C)(C)OC(=O)N1CCN(C(=O)CN2CCC(CC(=O)N3CCC(C4c5ncc(Br)cc5CCc5cc(Cl)cc(Br)c54)CC3)CC2)CC1. The van der Waals surface area contributed by atoms with Crippen LogP contribution in [-0.4, -0.2) is 107 Å². The topological polar surface area (TPSA) is 86.3 Å². The molecule has 3 aliphatic heterocycles. The molecule has 2 aromatic rings. The van der Waals surface area contributed by atoms with Crippen LogP contribution in [-0.2, 0) is 27.2 Å². The number of hydrogen-bond acceptors (Lipinski definition) is 6. The van der Waals surface area contributed by atoms with Crippen LogP contribution in [0.4, 0.5) is 4.79 Å². The number of ether oxygens (including phenoxy) is 1. The summed E-state index contributed by atoms with van der Waals surface area (Å²) in [6.07, 6.45) is 7.75. The van der Waals surface area contributed by atoms with E-state index >= 15 is 0 Å². The van der Waals surface area contributed by atoms with Crippen molar-refractivity contribution >= 4 is 61.4 Å². The van der Waals surface area contributed by atoms with Gasteiger partial charge in [-0.3, -0.25) is 19.5 Å². The molecule has 4 heterocycles. The van der Waals surface area contributed by atoms with Gasteiger partial charge in [0.15, 0.2) is 0 Å². The zero-order valence-electron chi connectivity index (χ0n) is 28.9. The molecular weight excluding hydrogens is 774 g/mol. The Bertz CT molecular complexity index is 1540. The van der Waals surface area contributed by atoms with Gasteiger partial charge < -0.3 is 19.4 Å². The van der Waals surface area contributed by atoms with Crippen LogP contribution in [0, 0.1) is 11.8 Å². The number of halogens is 3. The van der Waals surface area contributed by atoms with Gasteiger partial charge in [0.1, 0.15) is 5.60 Å². The first-order valence-electron chi connectivity index (χ1n) is 17.7. The number of piperidine rings is 2. The average Bonchev–Trinajstić information content (AvgIpc) is 3.21. The first kappa shape index (κ1) is 36.6.